The lowest BCUT2D eigenvalue weighted by molar-refractivity contribution is -0.145. The van der Waals surface area contributed by atoms with Crippen molar-refractivity contribution in [1.29, 1.82) is 0 Å². The van der Waals surface area contributed by atoms with Crippen molar-refractivity contribution in [2.75, 3.05) is 31.2 Å². The second-order valence-corrected chi connectivity index (χ2v) is 14.1. The number of rotatable bonds is 9. The molecule has 0 bridgehead atoms. The maximum atomic E-state index is 13.4. The lowest BCUT2D eigenvalue weighted by atomic mass is 9.70. The number of hydrogen-bond acceptors (Lipinski definition) is 6. The summed E-state index contributed by atoms with van der Waals surface area (Å²) in [7, 11) is 0. The van der Waals surface area contributed by atoms with Gasteiger partial charge in [-0.15, -0.1) is 0 Å². The quantitative estimate of drug-likeness (QED) is 0.195. The first-order valence-corrected chi connectivity index (χ1v) is 15.5. The van der Waals surface area contributed by atoms with Gasteiger partial charge < -0.3 is 24.6 Å². The van der Waals surface area contributed by atoms with E-state index in [1.165, 1.54) is 24.9 Å². The number of aromatic hydroxyl groups is 2. The van der Waals surface area contributed by atoms with Crippen LogP contribution in [0.2, 0.25) is 0 Å². The van der Waals surface area contributed by atoms with Crippen LogP contribution in [0.25, 0.3) is 0 Å². The van der Waals surface area contributed by atoms with Gasteiger partial charge in [-0.25, -0.2) is 0 Å². The summed E-state index contributed by atoms with van der Waals surface area (Å²) in [6, 6.07) is 19.2. The fourth-order valence-corrected chi connectivity index (χ4v) is 5.89. The van der Waals surface area contributed by atoms with Gasteiger partial charge in [-0.3, -0.25) is 4.79 Å². The summed E-state index contributed by atoms with van der Waals surface area (Å²) in [4.78, 5) is 15.8. The normalized spacial score (nSPS) is 14.4. The summed E-state index contributed by atoms with van der Waals surface area (Å²) >= 11 is 0. The SMILES string of the molecule is CC(C)(C)c1cc(C(C)(CC(=O)OCCOc2ccc(N3CCCCC3)cc2)c2ccc(O)c(C(C)(C)C)c2)ccc1O. The van der Waals surface area contributed by atoms with Crippen LogP contribution in [0.3, 0.4) is 0 Å². The third-order valence-corrected chi connectivity index (χ3v) is 8.55. The number of hydrogen-bond donors (Lipinski definition) is 2. The van der Waals surface area contributed by atoms with Gasteiger partial charge in [0.05, 0.1) is 6.42 Å². The molecule has 1 aliphatic heterocycles. The van der Waals surface area contributed by atoms with Crippen LogP contribution in [0.4, 0.5) is 5.69 Å². The van der Waals surface area contributed by atoms with Crippen LogP contribution in [-0.4, -0.2) is 42.5 Å². The molecule has 4 rings (SSSR count). The molecule has 2 N–H and O–H groups in total. The number of nitrogens with zero attached hydrogens (tertiary/aromatic N) is 1. The van der Waals surface area contributed by atoms with E-state index in [0.717, 1.165) is 41.1 Å². The van der Waals surface area contributed by atoms with Gasteiger partial charge >= 0.3 is 5.97 Å². The number of carbonyl (C=O) groups is 1. The number of ether oxygens (including phenoxy) is 2. The molecule has 0 aromatic heterocycles. The van der Waals surface area contributed by atoms with Crippen LogP contribution in [0.1, 0.15) is 96.4 Å². The van der Waals surface area contributed by atoms with E-state index in [2.05, 4.69) is 58.6 Å². The number of phenolic OH excluding ortho intramolecular Hbond substituents is 2. The van der Waals surface area contributed by atoms with E-state index in [1.54, 1.807) is 12.1 Å². The Kier molecular flexibility index (Phi) is 9.68. The molecule has 0 atom stereocenters. The minimum atomic E-state index is -0.774. The molecular weight excluding hydrogens is 538 g/mol. The van der Waals surface area contributed by atoms with Crippen LogP contribution >= 0.6 is 0 Å². The number of benzene rings is 3. The van der Waals surface area contributed by atoms with Crippen LogP contribution in [-0.2, 0) is 25.8 Å². The fraction of sp³-hybridized carbons (Fsp3) is 0.486. The Morgan fingerprint density at radius 2 is 1.23 bits per heavy atom. The molecule has 0 unspecified atom stereocenters. The molecule has 1 heterocycles. The molecule has 232 valence electrons. The molecule has 3 aromatic carbocycles. The summed E-state index contributed by atoms with van der Waals surface area (Å²) in [5, 5.41) is 21.3. The van der Waals surface area contributed by atoms with E-state index in [9.17, 15) is 15.0 Å². The summed E-state index contributed by atoms with van der Waals surface area (Å²) in [6.45, 7) is 16.9. The van der Waals surface area contributed by atoms with Crippen molar-refractivity contribution in [1.82, 2.24) is 0 Å². The number of piperidine rings is 1. The smallest absolute Gasteiger partial charge is 0.307 e. The van der Waals surface area contributed by atoms with Gasteiger partial charge in [-0.2, -0.15) is 0 Å². The number of carbonyl (C=O) groups excluding carboxylic acids is 1. The molecule has 43 heavy (non-hydrogen) atoms. The predicted octanol–water partition coefficient (Wildman–Crippen LogP) is 8.00. The standard InChI is InChI=1S/C37H49NO5/c1-35(2,3)30-23-26(11-17-32(30)39)37(7,27-12-18-33(40)31(24-27)36(4,5)6)25-34(41)43-22-21-42-29-15-13-28(14-16-29)38-19-9-8-10-20-38/h11-18,23-24,39-40H,8-10,19-22,25H2,1-7H3. The van der Waals surface area contributed by atoms with Crippen molar-refractivity contribution < 1.29 is 24.5 Å². The Balaban J connectivity index is 1.50. The van der Waals surface area contributed by atoms with E-state index in [4.69, 9.17) is 9.47 Å². The van der Waals surface area contributed by atoms with Crippen LogP contribution in [0, 0.1) is 0 Å². The third kappa shape index (κ3) is 7.84. The summed E-state index contributed by atoms with van der Waals surface area (Å²) in [5.41, 5.74) is 3.24. The Bertz CT molecular complexity index is 1330. The maximum Gasteiger partial charge on any atom is 0.307 e. The van der Waals surface area contributed by atoms with E-state index in [0.29, 0.717) is 0 Å². The van der Waals surface area contributed by atoms with Gasteiger partial charge in [0.1, 0.15) is 30.5 Å². The topological polar surface area (TPSA) is 79.2 Å². The van der Waals surface area contributed by atoms with Crippen molar-refractivity contribution in [3.63, 3.8) is 0 Å². The zero-order valence-electron chi connectivity index (χ0n) is 27.0. The highest BCUT2D eigenvalue weighted by Gasteiger charge is 2.35. The van der Waals surface area contributed by atoms with E-state index >= 15 is 0 Å². The summed E-state index contributed by atoms with van der Waals surface area (Å²) < 4.78 is 11.6. The highest BCUT2D eigenvalue weighted by Crippen LogP contribution is 2.43. The number of phenols is 2. The fourth-order valence-electron chi connectivity index (χ4n) is 5.89. The molecule has 6 nitrogen and oxygen atoms in total. The largest absolute Gasteiger partial charge is 0.508 e. The van der Waals surface area contributed by atoms with Gasteiger partial charge in [0.15, 0.2) is 0 Å². The molecule has 0 aliphatic carbocycles. The lowest BCUT2D eigenvalue weighted by Gasteiger charge is -2.33. The van der Waals surface area contributed by atoms with Gasteiger partial charge in [-0.05, 0) is 88.7 Å². The number of esters is 1. The molecule has 0 radical (unpaired) electrons. The third-order valence-electron chi connectivity index (χ3n) is 8.55. The van der Waals surface area contributed by atoms with E-state index in [-0.39, 0.29) is 47.9 Å². The average Bonchev–Trinajstić information content (AvgIpc) is 2.95. The molecule has 6 heteroatoms. The van der Waals surface area contributed by atoms with E-state index < -0.39 is 5.41 Å². The molecule has 0 spiro atoms. The first-order valence-electron chi connectivity index (χ1n) is 15.5. The number of anilines is 1. The summed E-state index contributed by atoms with van der Waals surface area (Å²) in [5.74, 6) is 0.855. The van der Waals surface area contributed by atoms with E-state index in [1.807, 2.05) is 43.3 Å². The summed E-state index contributed by atoms with van der Waals surface area (Å²) in [6.07, 6.45) is 3.85. The molecule has 1 fully saturated rings. The van der Waals surface area contributed by atoms with Crippen molar-refractivity contribution in [2.24, 2.45) is 0 Å². The van der Waals surface area contributed by atoms with Crippen molar-refractivity contribution in [2.45, 2.75) is 90.4 Å². The van der Waals surface area contributed by atoms with Crippen molar-refractivity contribution in [3.8, 4) is 17.2 Å². The van der Waals surface area contributed by atoms with Gasteiger partial charge in [0.25, 0.3) is 0 Å². The van der Waals surface area contributed by atoms with Crippen molar-refractivity contribution >= 4 is 11.7 Å². The Hall–Kier alpha value is -3.67. The molecule has 0 amide bonds. The molecule has 1 saturated heterocycles. The zero-order chi connectivity index (χ0) is 31.4. The minimum Gasteiger partial charge on any atom is -0.508 e. The zero-order valence-corrected chi connectivity index (χ0v) is 27.0. The van der Waals surface area contributed by atoms with Crippen LogP contribution in [0.15, 0.2) is 60.7 Å². The highest BCUT2D eigenvalue weighted by molar-refractivity contribution is 5.73. The minimum absolute atomic E-state index is 0.0836. The van der Waals surface area contributed by atoms with Gasteiger partial charge in [0, 0.05) is 24.2 Å². The maximum absolute atomic E-state index is 13.4. The molecule has 0 saturated carbocycles. The van der Waals surface area contributed by atoms with Gasteiger partial charge in [0.2, 0.25) is 0 Å². The van der Waals surface area contributed by atoms with Crippen LogP contribution < -0.4 is 9.64 Å². The average molecular weight is 588 g/mol. The van der Waals surface area contributed by atoms with Crippen molar-refractivity contribution in [3.05, 3.63) is 82.9 Å². The highest BCUT2D eigenvalue weighted by atomic mass is 16.6. The molecular formula is C37H49NO5. The Morgan fingerprint density at radius 3 is 1.72 bits per heavy atom. The molecule has 3 aromatic rings. The first-order chi connectivity index (χ1) is 20.2. The van der Waals surface area contributed by atoms with Gasteiger partial charge in [-0.1, -0.05) is 72.7 Å². The van der Waals surface area contributed by atoms with Crippen LogP contribution in [0.5, 0.6) is 17.2 Å². The predicted molar refractivity (Wildman–Crippen MR) is 174 cm³/mol. The molecule has 1 aliphatic rings. The lowest BCUT2D eigenvalue weighted by Crippen LogP contribution is -2.30. The first kappa shape index (κ1) is 32.2. The Morgan fingerprint density at radius 1 is 0.721 bits per heavy atom. The Labute approximate surface area is 257 Å². The second-order valence-electron chi connectivity index (χ2n) is 14.1. The second kappa shape index (κ2) is 12.9. The monoisotopic (exact) mass is 587 g/mol.